The van der Waals surface area contributed by atoms with Crippen molar-refractivity contribution in [3.63, 3.8) is 0 Å². The van der Waals surface area contributed by atoms with Gasteiger partial charge >= 0.3 is 11.8 Å². The summed E-state index contributed by atoms with van der Waals surface area (Å²) in [6.45, 7) is 1.79. The summed E-state index contributed by atoms with van der Waals surface area (Å²) in [5, 5.41) is 16.3. The van der Waals surface area contributed by atoms with Gasteiger partial charge in [0.1, 0.15) is 5.75 Å². The minimum atomic E-state index is -0.812. The Morgan fingerprint density at radius 3 is 2.16 bits per heavy atom. The van der Waals surface area contributed by atoms with E-state index in [2.05, 4.69) is 16.0 Å². The van der Waals surface area contributed by atoms with Gasteiger partial charge in [0.05, 0.1) is 0 Å². The number of nitrogens with one attached hydrogen (secondary N) is 3. The predicted molar refractivity (Wildman–Crippen MR) is 68.4 cm³/mol. The summed E-state index contributed by atoms with van der Waals surface area (Å²) in [5.41, 5.74) is 0.403. The number of hydrogen-bond donors (Lipinski definition) is 4. The lowest BCUT2D eigenvalue weighted by Gasteiger charge is -2.06. The molecular weight excluding hydrogens is 250 g/mol. The summed E-state index contributed by atoms with van der Waals surface area (Å²) in [5.74, 6) is -1.74. The third kappa shape index (κ3) is 5.53. The first kappa shape index (κ1) is 14.5. The van der Waals surface area contributed by atoms with Crippen LogP contribution >= 0.6 is 0 Å². The molecule has 0 saturated carbocycles. The molecule has 0 aliphatic rings. The smallest absolute Gasteiger partial charge is 0.313 e. The fourth-order valence-electron chi connectivity index (χ4n) is 1.23. The van der Waals surface area contributed by atoms with E-state index in [0.29, 0.717) is 5.69 Å². The first-order valence-corrected chi connectivity index (χ1v) is 5.61. The average molecular weight is 265 g/mol. The highest BCUT2D eigenvalue weighted by Gasteiger charge is 2.12. The number of rotatable bonds is 4. The van der Waals surface area contributed by atoms with E-state index in [1.54, 1.807) is 0 Å². The minimum absolute atomic E-state index is 0.0674. The van der Waals surface area contributed by atoms with Crippen LogP contribution in [0.5, 0.6) is 5.75 Å². The number of anilines is 1. The first-order chi connectivity index (χ1) is 8.99. The van der Waals surface area contributed by atoms with Gasteiger partial charge in [0, 0.05) is 25.7 Å². The van der Waals surface area contributed by atoms with Crippen molar-refractivity contribution in [3.8, 4) is 5.75 Å². The van der Waals surface area contributed by atoms with Gasteiger partial charge < -0.3 is 21.1 Å². The van der Waals surface area contributed by atoms with E-state index in [4.69, 9.17) is 5.11 Å². The van der Waals surface area contributed by atoms with Crippen LogP contribution in [0.1, 0.15) is 6.92 Å². The number of phenolic OH excluding ortho intramolecular Hbond substituents is 1. The summed E-state index contributed by atoms with van der Waals surface area (Å²) in [6.07, 6.45) is 0. The Balaban J connectivity index is 2.34. The fourth-order valence-corrected chi connectivity index (χ4v) is 1.23. The SMILES string of the molecule is CC(=O)NCCNC(=O)C(=O)Nc1ccc(O)cc1. The number of carbonyl (C=O) groups excluding carboxylic acids is 3. The third-order valence-corrected chi connectivity index (χ3v) is 2.12. The first-order valence-electron chi connectivity index (χ1n) is 5.61. The normalized spacial score (nSPS) is 9.53. The van der Waals surface area contributed by atoms with Gasteiger partial charge in [0.25, 0.3) is 0 Å². The Kier molecular flexibility index (Phi) is 5.34. The van der Waals surface area contributed by atoms with E-state index < -0.39 is 11.8 Å². The van der Waals surface area contributed by atoms with Crippen molar-refractivity contribution in [1.29, 1.82) is 0 Å². The van der Waals surface area contributed by atoms with Gasteiger partial charge in [-0.25, -0.2) is 0 Å². The molecule has 0 aromatic heterocycles. The zero-order chi connectivity index (χ0) is 14.3. The van der Waals surface area contributed by atoms with Crippen LogP contribution in [-0.2, 0) is 14.4 Å². The maximum atomic E-state index is 11.5. The molecule has 3 amide bonds. The van der Waals surface area contributed by atoms with Gasteiger partial charge in [0.2, 0.25) is 5.91 Å². The van der Waals surface area contributed by atoms with Crippen LogP contribution in [0.3, 0.4) is 0 Å². The average Bonchev–Trinajstić information content (AvgIpc) is 2.36. The third-order valence-electron chi connectivity index (χ3n) is 2.12. The molecule has 1 rings (SSSR count). The molecule has 4 N–H and O–H groups in total. The van der Waals surface area contributed by atoms with E-state index in [1.165, 1.54) is 31.2 Å². The van der Waals surface area contributed by atoms with Crippen LogP contribution in [0.4, 0.5) is 5.69 Å². The lowest BCUT2D eigenvalue weighted by molar-refractivity contribution is -0.136. The highest BCUT2D eigenvalue weighted by Crippen LogP contribution is 2.13. The zero-order valence-electron chi connectivity index (χ0n) is 10.4. The van der Waals surface area contributed by atoms with Crippen LogP contribution in [-0.4, -0.2) is 35.9 Å². The molecule has 0 saturated heterocycles. The van der Waals surface area contributed by atoms with Gasteiger partial charge in [0.15, 0.2) is 0 Å². The van der Waals surface area contributed by atoms with Crippen molar-refractivity contribution >= 4 is 23.4 Å². The molecule has 0 bridgehead atoms. The maximum absolute atomic E-state index is 11.5. The lowest BCUT2D eigenvalue weighted by Crippen LogP contribution is -2.39. The van der Waals surface area contributed by atoms with Gasteiger partial charge in [-0.2, -0.15) is 0 Å². The van der Waals surface area contributed by atoms with Crippen molar-refractivity contribution in [2.45, 2.75) is 6.92 Å². The van der Waals surface area contributed by atoms with Crippen molar-refractivity contribution in [2.75, 3.05) is 18.4 Å². The molecule has 0 heterocycles. The molecule has 1 aromatic rings. The van der Waals surface area contributed by atoms with Crippen LogP contribution in [0.2, 0.25) is 0 Å². The summed E-state index contributed by atoms with van der Waals surface area (Å²) in [6, 6.07) is 5.73. The standard InChI is InChI=1S/C12H15N3O4/c1-8(16)13-6-7-14-11(18)12(19)15-9-2-4-10(17)5-3-9/h2-5,17H,6-7H2,1H3,(H,13,16)(H,14,18)(H,15,19). The molecule has 1 aromatic carbocycles. The van der Waals surface area contributed by atoms with E-state index >= 15 is 0 Å². The molecule has 7 nitrogen and oxygen atoms in total. The molecule has 0 aliphatic carbocycles. The van der Waals surface area contributed by atoms with Crippen molar-refractivity contribution in [2.24, 2.45) is 0 Å². The molecule has 7 heteroatoms. The Hall–Kier alpha value is -2.57. The van der Waals surface area contributed by atoms with E-state index in [9.17, 15) is 14.4 Å². The number of phenols is 1. The van der Waals surface area contributed by atoms with Gasteiger partial charge in [-0.3, -0.25) is 14.4 Å². The number of carbonyl (C=O) groups is 3. The topological polar surface area (TPSA) is 108 Å². The molecule has 0 radical (unpaired) electrons. The highest BCUT2D eigenvalue weighted by molar-refractivity contribution is 6.39. The molecule has 0 aliphatic heterocycles. The van der Waals surface area contributed by atoms with E-state index in [0.717, 1.165) is 0 Å². The number of hydrogen-bond acceptors (Lipinski definition) is 4. The summed E-state index contributed by atoms with van der Waals surface area (Å²) in [7, 11) is 0. The number of amides is 3. The second-order valence-electron chi connectivity index (χ2n) is 3.74. The molecule has 0 spiro atoms. The van der Waals surface area contributed by atoms with Gasteiger partial charge in [-0.15, -0.1) is 0 Å². The van der Waals surface area contributed by atoms with Gasteiger partial charge in [-0.05, 0) is 24.3 Å². The predicted octanol–water partition coefficient (Wildman–Crippen LogP) is -0.417. The van der Waals surface area contributed by atoms with E-state index in [-0.39, 0.29) is 24.7 Å². The molecule has 0 atom stereocenters. The minimum Gasteiger partial charge on any atom is -0.508 e. The molecule has 19 heavy (non-hydrogen) atoms. The Morgan fingerprint density at radius 1 is 1.00 bits per heavy atom. The van der Waals surface area contributed by atoms with Crippen LogP contribution in [0, 0.1) is 0 Å². The lowest BCUT2D eigenvalue weighted by atomic mass is 10.3. The van der Waals surface area contributed by atoms with Crippen LogP contribution in [0.25, 0.3) is 0 Å². The van der Waals surface area contributed by atoms with Crippen LogP contribution < -0.4 is 16.0 Å². The number of benzene rings is 1. The van der Waals surface area contributed by atoms with Crippen molar-refractivity contribution in [3.05, 3.63) is 24.3 Å². The van der Waals surface area contributed by atoms with Crippen molar-refractivity contribution < 1.29 is 19.5 Å². The largest absolute Gasteiger partial charge is 0.508 e. The van der Waals surface area contributed by atoms with Gasteiger partial charge in [-0.1, -0.05) is 0 Å². The highest BCUT2D eigenvalue weighted by atomic mass is 16.3. The number of aromatic hydroxyl groups is 1. The van der Waals surface area contributed by atoms with E-state index in [1.807, 2.05) is 0 Å². The summed E-state index contributed by atoms with van der Waals surface area (Å²) >= 11 is 0. The molecular formula is C12H15N3O4. The van der Waals surface area contributed by atoms with Crippen molar-refractivity contribution in [1.82, 2.24) is 10.6 Å². The molecule has 0 unspecified atom stereocenters. The molecule has 102 valence electrons. The van der Waals surface area contributed by atoms with Crippen LogP contribution in [0.15, 0.2) is 24.3 Å². The Labute approximate surface area is 110 Å². The Bertz CT molecular complexity index is 470. The fraction of sp³-hybridized carbons (Fsp3) is 0.250. The quantitative estimate of drug-likeness (QED) is 0.337. The zero-order valence-corrected chi connectivity index (χ0v) is 10.4. The summed E-state index contributed by atoms with van der Waals surface area (Å²) < 4.78 is 0. The summed E-state index contributed by atoms with van der Waals surface area (Å²) in [4.78, 5) is 33.4. The maximum Gasteiger partial charge on any atom is 0.313 e. The molecule has 0 fully saturated rings. The Morgan fingerprint density at radius 2 is 1.58 bits per heavy atom. The monoisotopic (exact) mass is 265 g/mol. The second kappa shape index (κ2) is 7.00. The second-order valence-corrected chi connectivity index (χ2v) is 3.74.